The Hall–Kier alpha value is -1.35. The van der Waals surface area contributed by atoms with E-state index in [1.54, 1.807) is 0 Å². The molecule has 2 heterocycles. The van der Waals surface area contributed by atoms with Crippen molar-refractivity contribution in [1.29, 1.82) is 0 Å². The highest BCUT2D eigenvalue weighted by molar-refractivity contribution is 5.92. The van der Waals surface area contributed by atoms with Gasteiger partial charge in [-0.15, -0.1) is 0 Å². The second-order valence-electron chi connectivity index (χ2n) is 5.34. The second-order valence-corrected chi connectivity index (χ2v) is 5.34. The molecule has 0 amide bonds. The van der Waals surface area contributed by atoms with Crippen LogP contribution in [0.4, 0.5) is 0 Å². The van der Waals surface area contributed by atoms with Gasteiger partial charge in [-0.1, -0.05) is 19.1 Å². The molecule has 96 valence electrons. The van der Waals surface area contributed by atoms with Crippen molar-refractivity contribution in [1.82, 2.24) is 5.32 Å². The summed E-state index contributed by atoms with van der Waals surface area (Å²) in [6.45, 7) is 3.98. The lowest BCUT2D eigenvalue weighted by atomic mass is 9.81. The Morgan fingerprint density at radius 2 is 2.11 bits per heavy atom. The summed E-state index contributed by atoms with van der Waals surface area (Å²) in [6.07, 6.45) is 3.68. The average molecular weight is 245 g/mol. The van der Waals surface area contributed by atoms with Gasteiger partial charge in [-0.25, -0.2) is 4.79 Å². The molecule has 3 rings (SSSR count). The Bertz CT molecular complexity index is 475. The lowest BCUT2D eigenvalue weighted by Crippen LogP contribution is -2.49. The number of ether oxygens (including phenoxy) is 1. The number of hydrogen-bond acceptors (Lipinski definition) is 3. The SMILES string of the molecule is CCc1ccc2c(c1)C(=O)OC1(CCNCC1)C2. The van der Waals surface area contributed by atoms with Crippen molar-refractivity contribution >= 4 is 5.97 Å². The van der Waals surface area contributed by atoms with E-state index in [2.05, 4.69) is 24.4 Å². The monoisotopic (exact) mass is 245 g/mol. The van der Waals surface area contributed by atoms with Gasteiger partial charge in [-0.05, 0) is 36.7 Å². The van der Waals surface area contributed by atoms with Crippen molar-refractivity contribution in [2.45, 2.75) is 38.2 Å². The smallest absolute Gasteiger partial charge is 0.338 e. The van der Waals surface area contributed by atoms with Crippen LogP contribution < -0.4 is 5.32 Å². The minimum Gasteiger partial charge on any atom is -0.455 e. The molecule has 2 aliphatic heterocycles. The predicted molar refractivity (Wildman–Crippen MR) is 69.8 cm³/mol. The predicted octanol–water partition coefficient (Wildman–Crippen LogP) is 2.08. The molecule has 0 aliphatic carbocycles. The number of carbonyl (C=O) groups is 1. The molecular weight excluding hydrogens is 226 g/mol. The van der Waals surface area contributed by atoms with Gasteiger partial charge >= 0.3 is 5.97 Å². The van der Waals surface area contributed by atoms with Gasteiger partial charge in [0.05, 0.1) is 5.56 Å². The van der Waals surface area contributed by atoms with Crippen LogP contribution >= 0.6 is 0 Å². The highest BCUT2D eigenvalue weighted by atomic mass is 16.6. The van der Waals surface area contributed by atoms with E-state index >= 15 is 0 Å². The van der Waals surface area contributed by atoms with Crippen molar-refractivity contribution < 1.29 is 9.53 Å². The molecule has 1 fully saturated rings. The number of hydrogen-bond donors (Lipinski definition) is 1. The first-order chi connectivity index (χ1) is 8.72. The lowest BCUT2D eigenvalue weighted by Gasteiger charge is -2.40. The fourth-order valence-corrected chi connectivity index (χ4v) is 2.98. The molecule has 1 spiro atoms. The Labute approximate surface area is 108 Å². The third-order valence-corrected chi connectivity index (χ3v) is 4.14. The normalized spacial score (nSPS) is 21.5. The highest BCUT2D eigenvalue weighted by Crippen LogP contribution is 2.34. The molecule has 1 saturated heterocycles. The molecule has 0 bridgehead atoms. The number of fused-ring (bicyclic) bond motifs is 1. The van der Waals surface area contributed by atoms with E-state index in [9.17, 15) is 4.79 Å². The molecule has 18 heavy (non-hydrogen) atoms. The number of rotatable bonds is 1. The summed E-state index contributed by atoms with van der Waals surface area (Å²) in [5, 5.41) is 3.32. The Morgan fingerprint density at radius 1 is 1.33 bits per heavy atom. The summed E-state index contributed by atoms with van der Waals surface area (Å²) >= 11 is 0. The highest BCUT2D eigenvalue weighted by Gasteiger charge is 2.41. The molecule has 0 unspecified atom stereocenters. The van der Waals surface area contributed by atoms with Crippen molar-refractivity contribution in [2.24, 2.45) is 0 Å². The first-order valence-corrected chi connectivity index (χ1v) is 6.78. The zero-order chi connectivity index (χ0) is 12.6. The van der Waals surface area contributed by atoms with Crippen LogP contribution in [0.2, 0.25) is 0 Å². The molecule has 3 nitrogen and oxygen atoms in total. The molecule has 0 saturated carbocycles. The Kier molecular flexibility index (Phi) is 2.86. The first kappa shape index (κ1) is 11.7. The zero-order valence-electron chi connectivity index (χ0n) is 10.8. The van der Waals surface area contributed by atoms with Crippen LogP contribution in [0.5, 0.6) is 0 Å². The number of carbonyl (C=O) groups excluding carboxylic acids is 1. The summed E-state index contributed by atoms with van der Waals surface area (Å²) in [5.41, 5.74) is 2.89. The van der Waals surface area contributed by atoms with Crippen molar-refractivity contribution in [3.8, 4) is 0 Å². The zero-order valence-corrected chi connectivity index (χ0v) is 10.8. The van der Waals surface area contributed by atoms with Crippen LogP contribution in [0.25, 0.3) is 0 Å². The van der Waals surface area contributed by atoms with E-state index in [0.29, 0.717) is 0 Å². The topological polar surface area (TPSA) is 38.3 Å². The van der Waals surface area contributed by atoms with E-state index in [-0.39, 0.29) is 11.6 Å². The summed E-state index contributed by atoms with van der Waals surface area (Å²) in [4.78, 5) is 12.2. The second kappa shape index (κ2) is 4.39. The fraction of sp³-hybridized carbons (Fsp3) is 0.533. The summed E-state index contributed by atoms with van der Waals surface area (Å²) in [6, 6.07) is 6.23. The van der Waals surface area contributed by atoms with Crippen molar-refractivity contribution in [3.63, 3.8) is 0 Å². The number of benzene rings is 1. The van der Waals surface area contributed by atoms with E-state index in [1.807, 2.05) is 6.07 Å². The van der Waals surface area contributed by atoms with E-state index in [0.717, 1.165) is 49.9 Å². The van der Waals surface area contributed by atoms with Gasteiger partial charge in [0.1, 0.15) is 5.60 Å². The maximum absolute atomic E-state index is 12.2. The number of esters is 1. The van der Waals surface area contributed by atoms with E-state index < -0.39 is 0 Å². The molecule has 1 aromatic rings. The standard InChI is InChI=1S/C15H19NO2/c1-2-11-3-4-12-10-15(5-7-16-8-6-15)18-14(17)13(12)9-11/h3-4,9,16H,2,5-8,10H2,1H3. The number of aryl methyl sites for hydroxylation is 1. The third-order valence-electron chi connectivity index (χ3n) is 4.14. The van der Waals surface area contributed by atoms with Gasteiger partial charge in [-0.3, -0.25) is 0 Å². The van der Waals surface area contributed by atoms with Crippen LogP contribution in [0.3, 0.4) is 0 Å². The average Bonchev–Trinajstić information content (AvgIpc) is 2.39. The summed E-state index contributed by atoms with van der Waals surface area (Å²) in [7, 11) is 0. The van der Waals surface area contributed by atoms with Gasteiger partial charge in [0, 0.05) is 19.3 Å². The molecule has 0 atom stereocenters. The van der Waals surface area contributed by atoms with Crippen LogP contribution in [-0.4, -0.2) is 24.7 Å². The maximum Gasteiger partial charge on any atom is 0.338 e. The molecule has 1 N–H and O–H groups in total. The van der Waals surface area contributed by atoms with Crippen molar-refractivity contribution in [3.05, 3.63) is 34.9 Å². The van der Waals surface area contributed by atoms with Gasteiger partial charge in [0.25, 0.3) is 0 Å². The van der Waals surface area contributed by atoms with Crippen molar-refractivity contribution in [2.75, 3.05) is 13.1 Å². The Morgan fingerprint density at radius 3 is 2.83 bits per heavy atom. The summed E-state index contributed by atoms with van der Waals surface area (Å²) < 4.78 is 5.76. The molecule has 0 aromatic heterocycles. The van der Waals surface area contributed by atoms with Gasteiger partial charge in [0.15, 0.2) is 0 Å². The van der Waals surface area contributed by atoms with Gasteiger partial charge in [-0.2, -0.15) is 0 Å². The van der Waals surface area contributed by atoms with E-state index in [4.69, 9.17) is 4.74 Å². The van der Waals surface area contributed by atoms with Crippen LogP contribution in [0.1, 0.15) is 41.3 Å². The largest absolute Gasteiger partial charge is 0.455 e. The Balaban J connectivity index is 1.95. The molecule has 2 aliphatic rings. The lowest BCUT2D eigenvalue weighted by molar-refractivity contribution is -0.0398. The van der Waals surface area contributed by atoms with E-state index in [1.165, 1.54) is 5.56 Å². The van der Waals surface area contributed by atoms with Crippen LogP contribution in [0, 0.1) is 0 Å². The van der Waals surface area contributed by atoms with Crippen LogP contribution in [0.15, 0.2) is 18.2 Å². The quantitative estimate of drug-likeness (QED) is 0.770. The molecule has 3 heteroatoms. The number of piperidine rings is 1. The molecular formula is C15H19NO2. The fourth-order valence-electron chi connectivity index (χ4n) is 2.98. The molecule has 1 aromatic carbocycles. The minimum absolute atomic E-state index is 0.131. The maximum atomic E-state index is 12.2. The third kappa shape index (κ3) is 1.93. The first-order valence-electron chi connectivity index (χ1n) is 6.78. The molecule has 0 radical (unpaired) electrons. The minimum atomic E-state index is -0.247. The summed E-state index contributed by atoms with van der Waals surface area (Å²) in [5.74, 6) is -0.131. The van der Waals surface area contributed by atoms with Crippen LogP contribution in [-0.2, 0) is 17.6 Å². The van der Waals surface area contributed by atoms with Gasteiger partial charge in [0.2, 0.25) is 0 Å². The number of nitrogens with one attached hydrogen (secondary N) is 1. The van der Waals surface area contributed by atoms with Gasteiger partial charge < -0.3 is 10.1 Å².